The Morgan fingerprint density at radius 3 is 2.50 bits per heavy atom. The van der Waals surface area contributed by atoms with Gasteiger partial charge in [0.15, 0.2) is 9.84 Å². The molecule has 3 rings (SSSR count). The van der Waals surface area contributed by atoms with Gasteiger partial charge in [0, 0.05) is 29.3 Å². The Morgan fingerprint density at radius 1 is 1.04 bits per heavy atom. The number of sulfone groups is 1. The molecule has 2 aromatic carbocycles. The van der Waals surface area contributed by atoms with Gasteiger partial charge in [-0.2, -0.15) is 0 Å². The highest BCUT2D eigenvalue weighted by Crippen LogP contribution is 2.23. The Morgan fingerprint density at radius 2 is 1.85 bits per heavy atom. The fourth-order valence-corrected chi connectivity index (χ4v) is 3.32. The molecule has 0 spiro atoms. The van der Waals surface area contributed by atoms with Gasteiger partial charge in [-0.1, -0.05) is 18.2 Å². The van der Waals surface area contributed by atoms with E-state index in [4.69, 9.17) is 5.73 Å². The van der Waals surface area contributed by atoms with Crippen molar-refractivity contribution in [2.75, 3.05) is 17.3 Å². The zero-order chi connectivity index (χ0) is 18.7. The Kier molecular flexibility index (Phi) is 4.73. The van der Waals surface area contributed by atoms with E-state index in [9.17, 15) is 13.2 Å². The summed E-state index contributed by atoms with van der Waals surface area (Å²) >= 11 is 0. The first-order valence-corrected chi connectivity index (χ1v) is 9.66. The summed E-state index contributed by atoms with van der Waals surface area (Å²) < 4.78 is 23.2. The number of carbonyl (C=O) groups is 1. The van der Waals surface area contributed by atoms with Crippen LogP contribution in [0.25, 0.3) is 11.3 Å². The average molecular weight is 367 g/mol. The summed E-state index contributed by atoms with van der Waals surface area (Å²) in [5, 5.41) is 2.78. The van der Waals surface area contributed by atoms with Gasteiger partial charge in [-0.05, 0) is 42.5 Å². The van der Waals surface area contributed by atoms with Crippen molar-refractivity contribution in [1.29, 1.82) is 0 Å². The summed E-state index contributed by atoms with van der Waals surface area (Å²) in [6.45, 7) is 0. The van der Waals surface area contributed by atoms with Crippen LogP contribution in [0.4, 0.5) is 11.4 Å². The highest BCUT2D eigenvalue weighted by atomic mass is 32.2. The number of amides is 1. The molecule has 0 saturated heterocycles. The van der Waals surface area contributed by atoms with Crippen LogP contribution in [0.1, 0.15) is 10.4 Å². The maximum absolute atomic E-state index is 12.4. The Balaban J connectivity index is 1.84. The first-order chi connectivity index (χ1) is 12.3. The highest BCUT2D eigenvalue weighted by molar-refractivity contribution is 7.90. The van der Waals surface area contributed by atoms with Gasteiger partial charge >= 0.3 is 0 Å². The molecule has 0 fully saturated rings. The van der Waals surface area contributed by atoms with Crippen LogP contribution in [0, 0.1) is 0 Å². The predicted octanol–water partition coefficient (Wildman–Crippen LogP) is 2.99. The van der Waals surface area contributed by atoms with E-state index in [-0.39, 0.29) is 22.1 Å². The van der Waals surface area contributed by atoms with Gasteiger partial charge in [0.2, 0.25) is 0 Å². The molecule has 0 unspecified atom stereocenters. The molecule has 0 atom stereocenters. The van der Waals surface area contributed by atoms with Crippen molar-refractivity contribution in [3.8, 4) is 11.3 Å². The van der Waals surface area contributed by atoms with E-state index in [2.05, 4.69) is 10.3 Å². The molecule has 0 radical (unpaired) electrons. The van der Waals surface area contributed by atoms with Crippen LogP contribution in [-0.4, -0.2) is 25.6 Å². The number of hydrogen-bond donors (Lipinski definition) is 2. The fourth-order valence-electron chi connectivity index (χ4n) is 2.52. The lowest BCUT2D eigenvalue weighted by Crippen LogP contribution is -2.13. The maximum Gasteiger partial charge on any atom is 0.255 e. The Labute approximate surface area is 151 Å². The minimum absolute atomic E-state index is 0.00574. The standard InChI is InChI=1S/C19H17N3O3S/c1-26(24,25)18-9-8-14(12-16(18)20)19(23)22-15-6-4-5-13(11-15)17-7-2-3-10-21-17/h2-12H,20H2,1H3,(H,22,23). The van der Waals surface area contributed by atoms with Gasteiger partial charge in [-0.15, -0.1) is 0 Å². The first kappa shape index (κ1) is 17.6. The van der Waals surface area contributed by atoms with Crippen LogP contribution >= 0.6 is 0 Å². The minimum Gasteiger partial charge on any atom is -0.398 e. The van der Waals surface area contributed by atoms with Crippen molar-refractivity contribution < 1.29 is 13.2 Å². The van der Waals surface area contributed by atoms with Crippen molar-refractivity contribution in [3.63, 3.8) is 0 Å². The van der Waals surface area contributed by atoms with Crippen molar-refractivity contribution >= 4 is 27.1 Å². The van der Waals surface area contributed by atoms with E-state index in [0.717, 1.165) is 17.5 Å². The Bertz CT molecular complexity index is 1060. The van der Waals surface area contributed by atoms with Gasteiger partial charge in [0.1, 0.15) is 0 Å². The lowest BCUT2D eigenvalue weighted by Gasteiger charge is -2.09. The number of nitrogen functional groups attached to an aromatic ring is 1. The summed E-state index contributed by atoms with van der Waals surface area (Å²) in [6.07, 6.45) is 2.77. The van der Waals surface area contributed by atoms with Crippen molar-refractivity contribution in [2.24, 2.45) is 0 Å². The second kappa shape index (κ2) is 6.97. The number of hydrogen-bond acceptors (Lipinski definition) is 5. The number of benzene rings is 2. The van der Waals surface area contributed by atoms with E-state index in [1.54, 1.807) is 12.3 Å². The molecule has 1 heterocycles. The first-order valence-electron chi connectivity index (χ1n) is 7.77. The number of nitrogens with zero attached hydrogens (tertiary/aromatic N) is 1. The normalized spacial score (nSPS) is 11.1. The van der Waals surface area contributed by atoms with Gasteiger partial charge in [0.05, 0.1) is 16.3 Å². The van der Waals surface area contributed by atoms with Crippen LogP contribution < -0.4 is 11.1 Å². The third kappa shape index (κ3) is 3.89. The molecule has 132 valence electrons. The Hall–Kier alpha value is -3.19. The molecule has 6 nitrogen and oxygen atoms in total. The molecule has 0 aliphatic carbocycles. The number of carbonyl (C=O) groups excluding carboxylic acids is 1. The van der Waals surface area contributed by atoms with Crippen LogP contribution in [0.2, 0.25) is 0 Å². The topological polar surface area (TPSA) is 102 Å². The summed E-state index contributed by atoms with van der Waals surface area (Å²) in [5.41, 5.74) is 8.36. The summed E-state index contributed by atoms with van der Waals surface area (Å²) in [6, 6.07) is 17.0. The summed E-state index contributed by atoms with van der Waals surface area (Å²) in [7, 11) is -3.43. The molecule has 1 aromatic heterocycles. The number of aromatic nitrogens is 1. The van der Waals surface area contributed by atoms with Crippen LogP contribution in [-0.2, 0) is 9.84 Å². The van der Waals surface area contributed by atoms with E-state index < -0.39 is 9.84 Å². The van der Waals surface area contributed by atoms with Crippen molar-refractivity contribution in [3.05, 3.63) is 72.4 Å². The number of rotatable bonds is 4. The maximum atomic E-state index is 12.4. The van der Waals surface area contributed by atoms with Gasteiger partial charge in [0.25, 0.3) is 5.91 Å². The van der Waals surface area contributed by atoms with Crippen LogP contribution in [0.5, 0.6) is 0 Å². The quantitative estimate of drug-likeness (QED) is 0.690. The largest absolute Gasteiger partial charge is 0.398 e. The molecule has 3 N–H and O–H groups in total. The summed E-state index contributed by atoms with van der Waals surface area (Å²) in [5.74, 6) is -0.380. The third-order valence-corrected chi connectivity index (χ3v) is 4.92. The highest BCUT2D eigenvalue weighted by Gasteiger charge is 2.14. The van der Waals surface area contributed by atoms with Crippen molar-refractivity contribution in [2.45, 2.75) is 4.90 Å². The average Bonchev–Trinajstić information content (AvgIpc) is 2.61. The fraction of sp³-hybridized carbons (Fsp3) is 0.0526. The molecule has 7 heteroatoms. The van der Waals surface area contributed by atoms with Crippen molar-refractivity contribution in [1.82, 2.24) is 4.98 Å². The van der Waals surface area contributed by atoms with E-state index in [1.165, 1.54) is 18.2 Å². The molecular weight excluding hydrogens is 350 g/mol. The number of nitrogens with one attached hydrogen (secondary N) is 1. The lowest BCUT2D eigenvalue weighted by atomic mass is 10.1. The molecular formula is C19H17N3O3S. The number of pyridine rings is 1. The second-order valence-electron chi connectivity index (χ2n) is 5.77. The SMILES string of the molecule is CS(=O)(=O)c1ccc(C(=O)Nc2cccc(-c3ccccn3)c2)cc1N. The molecule has 3 aromatic rings. The number of anilines is 2. The smallest absolute Gasteiger partial charge is 0.255 e. The van der Waals surface area contributed by atoms with Gasteiger partial charge in [-0.25, -0.2) is 8.42 Å². The van der Waals surface area contributed by atoms with Crippen LogP contribution in [0.15, 0.2) is 71.8 Å². The van der Waals surface area contributed by atoms with Gasteiger partial charge in [-0.3, -0.25) is 9.78 Å². The second-order valence-corrected chi connectivity index (χ2v) is 7.76. The number of nitrogens with two attached hydrogens (primary N) is 1. The monoisotopic (exact) mass is 367 g/mol. The summed E-state index contributed by atoms with van der Waals surface area (Å²) in [4.78, 5) is 16.7. The molecule has 0 saturated carbocycles. The third-order valence-electron chi connectivity index (χ3n) is 3.75. The predicted molar refractivity (Wildman–Crippen MR) is 102 cm³/mol. The zero-order valence-corrected chi connectivity index (χ0v) is 14.8. The molecule has 0 bridgehead atoms. The van der Waals surface area contributed by atoms with E-state index in [1.807, 2.05) is 36.4 Å². The molecule has 0 aliphatic rings. The minimum atomic E-state index is -3.43. The molecule has 0 aliphatic heterocycles. The zero-order valence-electron chi connectivity index (χ0n) is 14.0. The van der Waals surface area contributed by atoms with E-state index >= 15 is 0 Å². The van der Waals surface area contributed by atoms with Crippen LogP contribution in [0.3, 0.4) is 0 Å². The molecule has 1 amide bonds. The lowest BCUT2D eigenvalue weighted by molar-refractivity contribution is 0.102. The molecule has 26 heavy (non-hydrogen) atoms. The van der Waals surface area contributed by atoms with Gasteiger partial charge < -0.3 is 11.1 Å². The van der Waals surface area contributed by atoms with E-state index in [0.29, 0.717) is 5.69 Å².